The van der Waals surface area contributed by atoms with E-state index in [4.69, 9.17) is 0 Å². The molecule has 0 fully saturated rings. The van der Waals surface area contributed by atoms with Crippen molar-refractivity contribution in [1.82, 2.24) is 9.80 Å². The van der Waals surface area contributed by atoms with Crippen LogP contribution in [0.1, 0.15) is 81.1 Å². The van der Waals surface area contributed by atoms with Gasteiger partial charge in [-0.1, -0.05) is 68.2 Å². The number of nitrogens with zero attached hydrogens (tertiary/aromatic N) is 2. The minimum atomic E-state index is 1.20. The Morgan fingerprint density at radius 3 is 0.900 bits per heavy atom. The molecule has 0 N–H and O–H groups in total. The van der Waals surface area contributed by atoms with E-state index in [9.17, 15) is 0 Å². The summed E-state index contributed by atoms with van der Waals surface area (Å²) in [5, 5.41) is 0. The summed E-state index contributed by atoms with van der Waals surface area (Å²) in [5.74, 6) is 0. The molecule has 0 aliphatic heterocycles. The molecule has 0 unspecified atom stereocenters. The van der Waals surface area contributed by atoms with Crippen LogP contribution in [0.4, 0.5) is 0 Å². The normalized spacial score (nSPS) is 9.90. The first-order valence-corrected chi connectivity index (χ1v) is 9.14. The van der Waals surface area contributed by atoms with Crippen molar-refractivity contribution < 1.29 is 0 Å². The third-order valence-corrected chi connectivity index (χ3v) is 3.44. The van der Waals surface area contributed by atoms with Crippen LogP contribution in [0, 0.1) is 0 Å². The zero-order valence-electron chi connectivity index (χ0n) is 16.0. The minimum Gasteiger partial charge on any atom is -0.304 e. The van der Waals surface area contributed by atoms with Gasteiger partial charge in [0.1, 0.15) is 0 Å². The second-order valence-electron chi connectivity index (χ2n) is 4.76. The van der Waals surface area contributed by atoms with Gasteiger partial charge in [0.05, 0.1) is 0 Å². The highest BCUT2D eigenvalue weighted by atomic mass is 15.1. The molecule has 2 nitrogen and oxygen atoms in total. The fraction of sp³-hybridized carbons (Fsp3) is 1.00. The number of unbranched alkanes of at least 4 members (excludes halogenated alkanes) is 2. The van der Waals surface area contributed by atoms with Crippen molar-refractivity contribution in [3.05, 3.63) is 0 Å². The lowest BCUT2D eigenvalue weighted by atomic mass is 10.3. The predicted molar refractivity (Wildman–Crippen MR) is 96.7 cm³/mol. The molecule has 0 radical (unpaired) electrons. The molecular formula is C18H44N2. The van der Waals surface area contributed by atoms with E-state index >= 15 is 0 Å². The SMILES string of the molecule is CC.CCCCN(CC)CC.CCCCN(CC)CC. The van der Waals surface area contributed by atoms with E-state index in [0.29, 0.717) is 0 Å². The highest BCUT2D eigenvalue weighted by molar-refractivity contribution is 4.50. The smallest absolute Gasteiger partial charge is 0.00191 e. The summed E-state index contributed by atoms with van der Waals surface area (Å²) in [7, 11) is 0. The fourth-order valence-electron chi connectivity index (χ4n) is 1.84. The summed E-state index contributed by atoms with van der Waals surface area (Å²) in [4.78, 5) is 4.92. The largest absolute Gasteiger partial charge is 0.304 e. The maximum absolute atomic E-state index is 2.46. The summed E-state index contributed by atoms with van der Waals surface area (Å²) in [6.45, 7) is 24.7. The van der Waals surface area contributed by atoms with Gasteiger partial charge in [0, 0.05) is 0 Å². The molecule has 0 aromatic heterocycles. The summed E-state index contributed by atoms with van der Waals surface area (Å²) in [6, 6.07) is 0. The monoisotopic (exact) mass is 288 g/mol. The molecule has 0 aliphatic rings. The van der Waals surface area contributed by atoms with Crippen molar-refractivity contribution in [3.8, 4) is 0 Å². The van der Waals surface area contributed by atoms with Gasteiger partial charge < -0.3 is 9.80 Å². The maximum Gasteiger partial charge on any atom is -0.00191 e. The standard InChI is InChI=1S/2C8H19N.C2H6/c2*1-4-7-8-9(5-2)6-3;1-2/h2*4-8H2,1-3H3;1-2H3. The lowest BCUT2D eigenvalue weighted by molar-refractivity contribution is 0.299. The lowest BCUT2D eigenvalue weighted by Gasteiger charge is -2.16. The van der Waals surface area contributed by atoms with Gasteiger partial charge >= 0.3 is 0 Å². The topological polar surface area (TPSA) is 6.48 Å². The number of hydrogen-bond acceptors (Lipinski definition) is 2. The van der Waals surface area contributed by atoms with Crippen molar-refractivity contribution >= 4 is 0 Å². The van der Waals surface area contributed by atoms with Crippen molar-refractivity contribution in [3.63, 3.8) is 0 Å². The molecule has 0 saturated carbocycles. The van der Waals surface area contributed by atoms with E-state index in [-0.39, 0.29) is 0 Å². The lowest BCUT2D eigenvalue weighted by Crippen LogP contribution is -2.23. The first-order valence-electron chi connectivity index (χ1n) is 9.14. The van der Waals surface area contributed by atoms with E-state index < -0.39 is 0 Å². The number of hydrogen-bond donors (Lipinski definition) is 0. The van der Waals surface area contributed by atoms with Gasteiger partial charge in [-0.2, -0.15) is 0 Å². The van der Waals surface area contributed by atoms with E-state index in [0.717, 1.165) is 0 Å². The van der Waals surface area contributed by atoms with Crippen LogP contribution in [0.2, 0.25) is 0 Å². The third kappa shape index (κ3) is 20.2. The van der Waals surface area contributed by atoms with Crippen LogP contribution in [0.25, 0.3) is 0 Å². The van der Waals surface area contributed by atoms with Crippen LogP contribution in [-0.2, 0) is 0 Å². The van der Waals surface area contributed by atoms with Crippen LogP contribution >= 0.6 is 0 Å². The molecule has 0 heterocycles. The van der Waals surface area contributed by atoms with Crippen LogP contribution in [0.3, 0.4) is 0 Å². The van der Waals surface area contributed by atoms with Crippen LogP contribution in [0.5, 0.6) is 0 Å². The van der Waals surface area contributed by atoms with Gasteiger partial charge in [-0.25, -0.2) is 0 Å². The van der Waals surface area contributed by atoms with Crippen LogP contribution in [0.15, 0.2) is 0 Å². The quantitative estimate of drug-likeness (QED) is 0.539. The average Bonchev–Trinajstić information content (AvgIpc) is 2.52. The van der Waals surface area contributed by atoms with Crippen molar-refractivity contribution in [2.45, 2.75) is 81.1 Å². The summed E-state index contributed by atoms with van der Waals surface area (Å²) < 4.78 is 0. The molecule has 0 aromatic carbocycles. The van der Waals surface area contributed by atoms with Gasteiger partial charge in [0.2, 0.25) is 0 Å². The highest BCUT2D eigenvalue weighted by Crippen LogP contribution is 1.93. The molecule has 126 valence electrons. The molecule has 20 heavy (non-hydrogen) atoms. The van der Waals surface area contributed by atoms with E-state index in [1.165, 1.54) is 65.0 Å². The van der Waals surface area contributed by atoms with E-state index in [1.54, 1.807) is 0 Å². The second kappa shape index (κ2) is 24.0. The fourth-order valence-corrected chi connectivity index (χ4v) is 1.84. The molecule has 0 aliphatic carbocycles. The van der Waals surface area contributed by atoms with Crippen LogP contribution in [-0.4, -0.2) is 49.1 Å². The zero-order valence-corrected chi connectivity index (χ0v) is 16.0. The Bertz CT molecular complexity index is 113. The average molecular weight is 289 g/mol. The predicted octanol–water partition coefficient (Wildman–Crippen LogP) is 5.28. The van der Waals surface area contributed by atoms with Crippen molar-refractivity contribution in [2.24, 2.45) is 0 Å². The Morgan fingerprint density at radius 2 is 0.750 bits per heavy atom. The Kier molecular flexibility index (Phi) is 29.9. The Morgan fingerprint density at radius 1 is 0.500 bits per heavy atom. The van der Waals surface area contributed by atoms with Gasteiger partial charge in [0.15, 0.2) is 0 Å². The Labute approximate surface area is 130 Å². The second-order valence-corrected chi connectivity index (χ2v) is 4.76. The van der Waals surface area contributed by atoms with E-state index in [2.05, 4.69) is 51.3 Å². The van der Waals surface area contributed by atoms with Crippen molar-refractivity contribution in [1.29, 1.82) is 0 Å². The minimum absolute atomic E-state index is 1.20. The molecule has 0 spiro atoms. The van der Waals surface area contributed by atoms with Gasteiger partial charge in [0.25, 0.3) is 0 Å². The molecule has 2 heteroatoms. The zero-order chi connectivity index (χ0) is 16.2. The molecule has 0 aromatic rings. The van der Waals surface area contributed by atoms with Gasteiger partial charge in [-0.05, 0) is 52.1 Å². The summed E-state index contributed by atoms with van der Waals surface area (Å²) >= 11 is 0. The third-order valence-electron chi connectivity index (χ3n) is 3.44. The maximum atomic E-state index is 2.46. The summed E-state index contributed by atoms with van der Waals surface area (Å²) in [6.07, 6.45) is 5.33. The molecule has 0 saturated heterocycles. The van der Waals surface area contributed by atoms with Crippen molar-refractivity contribution in [2.75, 3.05) is 39.3 Å². The molecular weight excluding hydrogens is 244 g/mol. The van der Waals surface area contributed by atoms with Crippen LogP contribution < -0.4 is 0 Å². The summed E-state index contributed by atoms with van der Waals surface area (Å²) in [5.41, 5.74) is 0. The van der Waals surface area contributed by atoms with Gasteiger partial charge in [-0.3, -0.25) is 0 Å². The molecule has 0 atom stereocenters. The Hall–Kier alpha value is -0.0800. The highest BCUT2D eigenvalue weighted by Gasteiger charge is 1.95. The van der Waals surface area contributed by atoms with E-state index in [1.807, 2.05) is 13.8 Å². The molecule has 0 bridgehead atoms. The molecule has 0 amide bonds. The Balaban J connectivity index is -0.000000257. The first-order chi connectivity index (χ1) is 9.69. The number of rotatable bonds is 10. The molecule has 0 rings (SSSR count). The van der Waals surface area contributed by atoms with Gasteiger partial charge in [-0.15, -0.1) is 0 Å². The first kappa shape index (κ1) is 24.9.